The Morgan fingerprint density at radius 3 is 2.45 bits per heavy atom. The first-order valence-corrected chi connectivity index (χ1v) is 9.23. The Balaban J connectivity index is 1.50. The van der Waals surface area contributed by atoms with E-state index in [4.69, 9.17) is 4.74 Å². The maximum Gasteiger partial charge on any atom is 0.292 e. The van der Waals surface area contributed by atoms with Crippen LogP contribution in [0.5, 0.6) is 5.75 Å². The number of hydrogen-bond donors (Lipinski definition) is 1. The van der Waals surface area contributed by atoms with Crippen LogP contribution in [0.15, 0.2) is 48.5 Å². The highest BCUT2D eigenvalue weighted by molar-refractivity contribution is 6.43. The number of benzene rings is 2. The number of methoxy groups -OCH3 is 1. The van der Waals surface area contributed by atoms with E-state index >= 15 is 0 Å². The maximum absolute atomic E-state index is 13.4. The highest BCUT2D eigenvalue weighted by Crippen LogP contribution is 2.18. The van der Waals surface area contributed by atoms with Gasteiger partial charge in [0, 0.05) is 31.9 Å². The van der Waals surface area contributed by atoms with Gasteiger partial charge < -0.3 is 19.9 Å². The van der Waals surface area contributed by atoms with Gasteiger partial charge in [-0.25, -0.2) is 4.39 Å². The number of amides is 2. The van der Waals surface area contributed by atoms with Gasteiger partial charge in [-0.2, -0.15) is 0 Å². The van der Waals surface area contributed by atoms with E-state index in [1.807, 2.05) is 11.0 Å². The van der Waals surface area contributed by atoms with Crippen molar-refractivity contribution in [1.29, 1.82) is 0 Å². The van der Waals surface area contributed by atoms with Gasteiger partial charge >= 0.3 is 0 Å². The van der Waals surface area contributed by atoms with Gasteiger partial charge in [0.25, 0.3) is 11.7 Å². The number of hydrogen-bond acceptors (Lipinski definition) is 5. The Hall–Kier alpha value is -3.42. The van der Waals surface area contributed by atoms with Gasteiger partial charge in [0.2, 0.25) is 5.91 Å². The number of piperazine rings is 1. The van der Waals surface area contributed by atoms with Gasteiger partial charge in [-0.15, -0.1) is 0 Å². The predicted octanol–water partition coefficient (Wildman–Crippen LogP) is 1.48. The van der Waals surface area contributed by atoms with Gasteiger partial charge in [0.15, 0.2) is 0 Å². The summed E-state index contributed by atoms with van der Waals surface area (Å²) in [5, 5.41) is 2.38. The molecule has 0 bridgehead atoms. The second-order valence-electron chi connectivity index (χ2n) is 6.56. The van der Waals surface area contributed by atoms with E-state index < -0.39 is 11.7 Å². The summed E-state index contributed by atoms with van der Waals surface area (Å²) in [7, 11) is 1.41. The lowest BCUT2D eigenvalue weighted by atomic mass is 10.1. The number of para-hydroxylation sites is 1. The molecule has 8 heteroatoms. The molecule has 1 saturated heterocycles. The molecule has 1 aliphatic rings. The van der Waals surface area contributed by atoms with Gasteiger partial charge in [-0.05, 0) is 30.3 Å². The van der Waals surface area contributed by atoms with E-state index in [1.54, 1.807) is 29.2 Å². The van der Waals surface area contributed by atoms with Crippen molar-refractivity contribution in [2.24, 2.45) is 0 Å². The van der Waals surface area contributed by atoms with Gasteiger partial charge in [0.1, 0.15) is 11.6 Å². The lowest BCUT2D eigenvalue weighted by Crippen LogP contribution is -2.51. The lowest BCUT2D eigenvalue weighted by Gasteiger charge is -2.36. The molecule has 0 aliphatic carbocycles. The van der Waals surface area contributed by atoms with Crippen molar-refractivity contribution in [2.75, 3.05) is 44.7 Å². The van der Waals surface area contributed by atoms with E-state index in [0.29, 0.717) is 31.9 Å². The molecule has 0 saturated carbocycles. The number of halogens is 1. The zero-order valence-electron chi connectivity index (χ0n) is 16.1. The minimum atomic E-state index is -0.860. The second kappa shape index (κ2) is 9.18. The average molecular weight is 399 g/mol. The fourth-order valence-electron chi connectivity index (χ4n) is 3.19. The van der Waals surface area contributed by atoms with Gasteiger partial charge in [-0.1, -0.05) is 18.2 Å². The molecule has 3 rings (SSSR count). The van der Waals surface area contributed by atoms with E-state index in [1.165, 1.54) is 25.3 Å². The normalized spacial score (nSPS) is 13.7. The smallest absolute Gasteiger partial charge is 0.292 e. The SMILES string of the molecule is COc1ccccc1C(=O)C(=O)NCC(=O)N1CCN(c2cccc(F)c2)CC1. The molecule has 1 fully saturated rings. The Morgan fingerprint density at radius 1 is 1.03 bits per heavy atom. The summed E-state index contributed by atoms with van der Waals surface area (Å²) in [6.45, 7) is 1.75. The fourth-order valence-corrected chi connectivity index (χ4v) is 3.19. The van der Waals surface area contributed by atoms with Crippen LogP contribution in [0.4, 0.5) is 10.1 Å². The summed E-state index contributed by atoms with van der Waals surface area (Å²) in [4.78, 5) is 40.4. The summed E-state index contributed by atoms with van der Waals surface area (Å²) in [5.74, 6) is -1.90. The zero-order chi connectivity index (χ0) is 20.8. The van der Waals surface area contributed by atoms with Gasteiger partial charge in [0.05, 0.1) is 19.2 Å². The monoisotopic (exact) mass is 399 g/mol. The third-order valence-electron chi connectivity index (χ3n) is 4.76. The largest absolute Gasteiger partial charge is 0.496 e. The van der Waals surface area contributed by atoms with Crippen molar-refractivity contribution in [3.63, 3.8) is 0 Å². The molecule has 1 aliphatic heterocycles. The number of Topliss-reactive ketones (excluding diaryl/α,β-unsaturated/α-hetero) is 1. The molecule has 0 spiro atoms. The van der Waals surface area contributed by atoms with E-state index in [0.717, 1.165) is 5.69 Å². The number of anilines is 1. The molecule has 0 aromatic heterocycles. The highest BCUT2D eigenvalue weighted by atomic mass is 19.1. The minimum Gasteiger partial charge on any atom is -0.496 e. The molecule has 152 valence electrons. The molecule has 0 radical (unpaired) electrons. The van der Waals surface area contributed by atoms with Crippen LogP contribution >= 0.6 is 0 Å². The molecule has 2 aromatic carbocycles. The number of carbonyl (C=O) groups excluding carboxylic acids is 3. The van der Waals surface area contributed by atoms with Crippen LogP contribution in [0, 0.1) is 5.82 Å². The molecule has 7 nitrogen and oxygen atoms in total. The number of carbonyl (C=O) groups is 3. The molecule has 0 atom stereocenters. The topological polar surface area (TPSA) is 78.9 Å². The van der Waals surface area contributed by atoms with Crippen molar-refractivity contribution < 1.29 is 23.5 Å². The van der Waals surface area contributed by atoms with E-state index in [2.05, 4.69) is 5.32 Å². The Bertz CT molecular complexity index is 910. The molecule has 29 heavy (non-hydrogen) atoms. The molecule has 2 amide bonds. The number of ether oxygens (including phenoxy) is 1. The Labute approximate surface area is 168 Å². The summed E-state index contributed by atoms with van der Waals surface area (Å²) in [5.41, 5.74) is 0.913. The molecule has 1 N–H and O–H groups in total. The summed E-state index contributed by atoms with van der Waals surface area (Å²) < 4.78 is 18.5. The summed E-state index contributed by atoms with van der Waals surface area (Å²) >= 11 is 0. The first-order valence-electron chi connectivity index (χ1n) is 9.23. The Kier molecular flexibility index (Phi) is 6.43. The maximum atomic E-state index is 13.4. The van der Waals surface area contributed by atoms with Crippen molar-refractivity contribution in [1.82, 2.24) is 10.2 Å². The minimum absolute atomic E-state index is 0.142. The van der Waals surface area contributed by atoms with Crippen LogP contribution < -0.4 is 15.0 Å². The lowest BCUT2D eigenvalue weighted by molar-refractivity contribution is -0.132. The third-order valence-corrected chi connectivity index (χ3v) is 4.76. The van der Waals surface area contributed by atoms with Crippen LogP contribution in [-0.4, -0.2) is 62.3 Å². The fraction of sp³-hybridized carbons (Fsp3) is 0.286. The molecule has 0 unspecified atom stereocenters. The average Bonchev–Trinajstić information content (AvgIpc) is 2.76. The van der Waals surface area contributed by atoms with Crippen LogP contribution in [0.3, 0.4) is 0 Å². The number of nitrogens with zero attached hydrogens (tertiary/aromatic N) is 2. The van der Waals surface area contributed by atoms with Crippen LogP contribution in [-0.2, 0) is 9.59 Å². The highest BCUT2D eigenvalue weighted by Gasteiger charge is 2.24. The number of nitrogens with one attached hydrogen (secondary N) is 1. The second-order valence-corrected chi connectivity index (χ2v) is 6.56. The van der Waals surface area contributed by atoms with Crippen molar-refractivity contribution >= 4 is 23.3 Å². The van der Waals surface area contributed by atoms with Crippen molar-refractivity contribution in [3.05, 3.63) is 59.9 Å². The first kappa shape index (κ1) is 20.3. The zero-order valence-corrected chi connectivity index (χ0v) is 16.1. The summed E-state index contributed by atoms with van der Waals surface area (Å²) in [6.07, 6.45) is 0. The van der Waals surface area contributed by atoms with E-state index in [-0.39, 0.29) is 23.8 Å². The number of rotatable bonds is 6. The predicted molar refractivity (Wildman–Crippen MR) is 106 cm³/mol. The van der Waals surface area contributed by atoms with Crippen LogP contribution in [0.1, 0.15) is 10.4 Å². The van der Waals surface area contributed by atoms with Crippen molar-refractivity contribution in [2.45, 2.75) is 0 Å². The molecule has 2 aromatic rings. The van der Waals surface area contributed by atoms with Crippen LogP contribution in [0.25, 0.3) is 0 Å². The Morgan fingerprint density at radius 2 is 1.76 bits per heavy atom. The van der Waals surface area contributed by atoms with E-state index in [9.17, 15) is 18.8 Å². The third kappa shape index (κ3) is 4.90. The quantitative estimate of drug-likeness (QED) is 0.588. The first-order chi connectivity index (χ1) is 14.0. The van der Waals surface area contributed by atoms with Gasteiger partial charge in [-0.3, -0.25) is 14.4 Å². The van der Waals surface area contributed by atoms with Crippen molar-refractivity contribution in [3.8, 4) is 5.75 Å². The standard InChI is InChI=1S/C21H22FN3O4/c1-29-18-8-3-2-7-17(18)20(27)21(28)23-14-19(26)25-11-9-24(10-12-25)16-6-4-5-15(22)13-16/h2-8,13H,9-12,14H2,1H3,(H,23,28). The molecular formula is C21H22FN3O4. The van der Waals surface area contributed by atoms with Crippen LogP contribution in [0.2, 0.25) is 0 Å². The summed E-state index contributed by atoms with van der Waals surface area (Å²) in [6, 6.07) is 12.7. The molecular weight excluding hydrogens is 377 g/mol. The number of ketones is 1. The molecule has 1 heterocycles.